The summed E-state index contributed by atoms with van der Waals surface area (Å²) >= 11 is 0. The van der Waals surface area contributed by atoms with Crippen molar-refractivity contribution in [2.75, 3.05) is 0 Å². The van der Waals surface area contributed by atoms with Crippen LogP contribution in [0, 0.1) is 5.41 Å². The lowest BCUT2D eigenvalue weighted by Gasteiger charge is -2.48. The second-order valence-corrected chi connectivity index (χ2v) is 4.83. The molecule has 102 valence electrons. The van der Waals surface area contributed by atoms with Gasteiger partial charge in [-0.1, -0.05) is 26.2 Å². The number of hydrogen-bond donors (Lipinski definition) is 1. The average molecular weight is 264 g/mol. The predicted molar refractivity (Wildman–Crippen MR) is 48.3 cm³/mol. The molecule has 1 aliphatic rings. The first-order chi connectivity index (χ1) is 7.46. The molecule has 1 nitrogen and oxygen atoms in total. The minimum Gasteiger partial charge on any atom is -0.373 e. The zero-order chi connectivity index (χ0) is 13.5. The van der Waals surface area contributed by atoms with Gasteiger partial charge in [0.25, 0.3) is 5.60 Å². The molecule has 17 heavy (non-hydrogen) atoms. The first kappa shape index (κ1) is 14.6. The zero-order valence-electron chi connectivity index (χ0n) is 9.25. The van der Waals surface area contributed by atoms with Crippen molar-refractivity contribution < 1.29 is 31.4 Å². The summed E-state index contributed by atoms with van der Waals surface area (Å²) in [5.41, 5.74) is -6.81. The van der Waals surface area contributed by atoms with Crippen molar-refractivity contribution in [3.63, 3.8) is 0 Å². The average Bonchev–Trinajstić information content (AvgIpc) is 2.14. The summed E-state index contributed by atoms with van der Waals surface area (Å²) in [5, 5.41) is 9.32. The summed E-state index contributed by atoms with van der Waals surface area (Å²) in [7, 11) is 0. The van der Waals surface area contributed by atoms with Crippen LogP contribution in [0.5, 0.6) is 0 Å². The van der Waals surface area contributed by atoms with Gasteiger partial charge in [0.05, 0.1) is 0 Å². The van der Waals surface area contributed by atoms with Gasteiger partial charge in [-0.3, -0.25) is 0 Å². The van der Waals surface area contributed by atoms with Crippen molar-refractivity contribution in [1.29, 1.82) is 0 Å². The number of aliphatic hydroxyl groups is 1. The molecule has 0 aromatic heterocycles. The number of alkyl halides is 6. The molecule has 0 bridgehead atoms. The van der Waals surface area contributed by atoms with Crippen molar-refractivity contribution in [2.24, 2.45) is 5.41 Å². The smallest absolute Gasteiger partial charge is 0.373 e. The maximum absolute atomic E-state index is 12.7. The van der Waals surface area contributed by atoms with Crippen molar-refractivity contribution in [1.82, 2.24) is 0 Å². The molecule has 0 radical (unpaired) electrons. The van der Waals surface area contributed by atoms with E-state index in [4.69, 9.17) is 0 Å². The number of halogens is 6. The van der Waals surface area contributed by atoms with E-state index < -0.39 is 23.4 Å². The molecule has 1 aliphatic carbocycles. The molecule has 0 aromatic carbocycles. The molecule has 0 heterocycles. The van der Waals surface area contributed by atoms with Gasteiger partial charge in [-0.2, -0.15) is 26.3 Å². The Hall–Kier alpha value is -0.460. The van der Waals surface area contributed by atoms with Crippen LogP contribution < -0.4 is 0 Å². The second kappa shape index (κ2) is 4.03. The molecule has 7 heteroatoms. The van der Waals surface area contributed by atoms with E-state index in [1.54, 1.807) is 0 Å². The highest BCUT2D eigenvalue weighted by Gasteiger charge is 2.77. The Morgan fingerprint density at radius 1 is 0.824 bits per heavy atom. The molecule has 0 aromatic rings. The fourth-order valence-corrected chi connectivity index (χ4v) is 2.54. The fourth-order valence-electron chi connectivity index (χ4n) is 2.54. The minimum absolute atomic E-state index is 0.269. The molecular weight excluding hydrogens is 250 g/mol. The van der Waals surface area contributed by atoms with E-state index >= 15 is 0 Å². The third kappa shape index (κ3) is 2.13. The van der Waals surface area contributed by atoms with Gasteiger partial charge in [-0.15, -0.1) is 0 Å². The molecule has 0 saturated heterocycles. The largest absolute Gasteiger partial charge is 0.426 e. The van der Waals surface area contributed by atoms with Crippen molar-refractivity contribution in [2.45, 2.75) is 57.0 Å². The van der Waals surface area contributed by atoms with Crippen LogP contribution in [0.25, 0.3) is 0 Å². The third-order valence-corrected chi connectivity index (χ3v) is 3.65. The summed E-state index contributed by atoms with van der Waals surface area (Å²) in [6, 6.07) is 0. The van der Waals surface area contributed by atoms with E-state index in [0.717, 1.165) is 6.92 Å². The van der Waals surface area contributed by atoms with Gasteiger partial charge >= 0.3 is 12.4 Å². The Bertz CT molecular complexity index is 260. The van der Waals surface area contributed by atoms with E-state index in [1.807, 2.05) is 0 Å². The van der Waals surface area contributed by atoms with E-state index in [0.29, 0.717) is 6.42 Å². The summed E-state index contributed by atoms with van der Waals surface area (Å²) < 4.78 is 76.0. The highest BCUT2D eigenvalue weighted by molar-refractivity contribution is 5.07. The lowest BCUT2D eigenvalue weighted by molar-refractivity contribution is -0.404. The first-order valence-electron chi connectivity index (χ1n) is 5.31. The molecule has 0 spiro atoms. The molecular formula is C10H14F6O. The number of rotatable bonds is 1. The van der Waals surface area contributed by atoms with Crippen LogP contribution in [-0.4, -0.2) is 23.1 Å². The SMILES string of the molecule is CC1(C(O)(C(F)(F)F)C(F)(F)F)CCCCC1. The normalized spacial score (nSPS) is 22.6. The topological polar surface area (TPSA) is 20.2 Å². The lowest BCUT2D eigenvalue weighted by atomic mass is 9.63. The Morgan fingerprint density at radius 2 is 1.18 bits per heavy atom. The van der Waals surface area contributed by atoms with E-state index in [9.17, 15) is 31.4 Å². The van der Waals surface area contributed by atoms with Gasteiger partial charge in [-0.25, -0.2) is 0 Å². The zero-order valence-corrected chi connectivity index (χ0v) is 9.25. The lowest BCUT2D eigenvalue weighted by Crippen LogP contribution is -2.66. The molecule has 1 saturated carbocycles. The van der Waals surface area contributed by atoms with Gasteiger partial charge < -0.3 is 5.11 Å². The van der Waals surface area contributed by atoms with E-state index in [2.05, 4.69) is 0 Å². The standard InChI is InChI=1S/C10H14F6O/c1-7(5-3-2-4-6-7)8(17,9(11,12)13)10(14,15)16/h17H,2-6H2,1H3. The van der Waals surface area contributed by atoms with Gasteiger partial charge in [0.1, 0.15) is 0 Å². The van der Waals surface area contributed by atoms with Gasteiger partial charge in [0.2, 0.25) is 0 Å². The van der Waals surface area contributed by atoms with Crippen LogP contribution >= 0.6 is 0 Å². The van der Waals surface area contributed by atoms with Crippen LogP contribution in [0.1, 0.15) is 39.0 Å². The predicted octanol–water partition coefficient (Wildman–Crippen LogP) is 3.81. The summed E-state index contributed by atoms with van der Waals surface area (Å²) in [6.07, 6.45) is -10.8. The van der Waals surface area contributed by atoms with Crippen molar-refractivity contribution in [3.05, 3.63) is 0 Å². The van der Waals surface area contributed by atoms with Crippen LogP contribution in [-0.2, 0) is 0 Å². The molecule has 1 N–H and O–H groups in total. The van der Waals surface area contributed by atoms with Crippen LogP contribution in [0.15, 0.2) is 0 Å². The molecule has 0 amide bonds. The molecule has 0 aliphatic heterocycles. The van der Waals surface area contributed by atoms with Crippen molar-refractivity contribution >= 4 is 0 Å². The molecule has 0 atom stereocenters. The molecule has 0 unspecified atom stereocenters. The van der Waals surface area contributed by atoms with Gasteiger partial charge in [0.15, 0.2) is 0 Å². The van der Waals surface area contributed by atoms with Crippen LogP contribution in [0.3, 0.4) is 0 Å². The quantitative estimate of drug-likeness (QED) is 0.714. The number of hydrogen-bond acceptors (Lipinski definition) is 1. The van der Waals surface area contributed by atoms with Gasteiger partial charge in [-0.05, 0) is 12.8 Å². The Morgan fingerprint density at radius 3 is 1.47 bits per heavy atom. The van der Waals surface area contributed by atoms with E-state index in [-0.39, 0.29) is 25.7 Å². The van der Waals surface area contributed by atoms with Crippen molar-refractivity contribution in [3.8, 4) is 0 Å². The Labute approximate surface area is 94.8 Å². The summed E-state index contributed by atoms with van der Waals surface area (Å²) in [5.74, 6) is 0. The maximum atomic E-state index is 12.7. The second-order valence-electron chi connectivity index (χ2n) is 4.83. The Balaban J connectivity index is 3.24. The summed E-state index contributed by atoms with van der Waals surface area (Å²) in [6.45, 7) is 0.868. The first-order valence-corrected chi connectivity index (χ1v) is 5.31. The monoisotopic (exact) mass is 264 g/mol. The van der Waals surface area contributed by atoms with Crippen LogP contribution in [0.2, 0.25) is 0 Å². The van der Waals surface area contributed by atoms with Gasteiger partial charge in [0, 0.05) is 5.41 Å². The molecule has 1 rings (SSSR count). The fraction of sp³-hybridized carbons (Fsp3) is 1.00. The molecule has 1 fully saturated rings. The minimum atomic E-state index is -5.71. The van der Waals surface area contributed by atoms with Crippen LogP contribution in [0.4, 0.5) is 26.3 Å². The third-order valence-electron chi connectivity index (χ3n) is 3.65. The maximum Gasteiger partial charge on any atom is 0.426 e. The highest BCUT2D eigenvalue weighted by atomic mass is 19.4. The highest BCUT2D eigenvalue weighted by Crippen LogP contribution is 2.58. The summed E-state index contributed by atoms with van der Waals surface area (Å²) in [4.78, 5) is 0. The Kier molecular flexibility index (Phi) is 3.46. The van der Waals surface area contributed by atoms with E-state index in [1.165, 1.54) is 0 Å².